The van der Waals surface area contributed by atoms with Gasteiger partial charge in [0.15, 0.2) is 0 Å². The second-order valence-electron chi connectivity index (χ2n) is 11.1. The van der Waals surface area contributed by atoms with Crippen LogP contribution in [0.2, 0.25) is 0 Å². The first-order valence-corrected chi connectivity index (χ1v) is 12.7. The van der Waals surface area contributed by atoms with E-state index in [0.29, 0.717) is 0 Å². The molecule has 5 rings (SSSR count). The van der Waals surface area contributed by atoms with Crippen LogP contribution in [0.25, 0.3) is 11.1 Å². The quantitative estimate of drug-likeness (QED) is 0.367. The van der Waals surface area contributed by atoms with E-state index in [1.54, 1.807) is 0 Å². The fourth-order valence-electron chi connectivity index (χ4n) is 7.09. The Hall–Kier alpha value is -2.68. The van der Waals surface area contributed by atoms with Crippen LogP contribution in [-0.2, 0) is 0 Å². The molecule has 3 aromatic carbocycles. The molecule has 0 radical (unpaired) electrons. The molecule has 0 fully saturated rings. The van der Waals surface area contributed by atoms with Crippen LogP contribution in [0.3, 0.4) is 0 Å². The van der Waals surface area contributed by atoms with Crippen molar-refractivity contribution in [2.75, 3.05) is 23.8 Å². The molecule has 3 heteroatoms. The smallest absolute Gasteiger partial charge is 0.328 e. The molecule has 2 nitrogen and oxygen atoms in total. The molecule has 0 atom stereocenters. The molecule has 0 aromatic heterocycles. The van der Waals surface area contributed by atoms with Crippen molar-refractivity contribution in [1.29, 1.82) is 0 Å². The highest BCUT2D eigenvalue weighted by atomic mass is 15.1. The van der Waals surface area contributed by atoms with Crippen LogP contribution in [0.4, 0.5) is 17.1 Å². The van der Waals surface area contributed by atoms with Gasteiger partial charge in [0.1, 0.15) is 0 Å². The number of nitrogens with zero attached hydrogens (tertiary/aromatic N) is 2. The Morgan fingerprint density at radius 2 is 0.765 bits per heavy atom. The Morgan fingerprint density at radius 1 is 0.382 bits per heavy atom. The van der Waals surface area contributed by atoms with Crippen molar-refractivity contribution in [3.8, 4) is 11.1 Å². The third-order valence-corrected chi connectivity index (χ3v) is 9.94. The summed E-state index contributed by atoms with van der Waals surface area (Å²) in [6, 6.07) is 0. The summed E-state index contributed by atoms with van der Waals surface area (Å²) >= 11 is 0. The summed E-state index contributed by atoms with van der Waals surface area (Å²) in [5, 5.41) is 0. The van der Waals surface area contributed by atoms with E-state index < -0.39 is 0 Å². The van der Waals surface area contributed by atoms with Gasteiger partial charge in [-0.25, -0.2) is 0 Å². The number of hydrogen-bond acceptors (Lipinski definition) is 2. The van der Waals surface area contributed by atoms with Gasteiger partial charge in [0, 0.05) is 29.7 Å². The fraction of sp³-hybridized carbons (Fsp3) is 0.419. The van der Waals surface area contributed by atoms with E-state index in [-0.39, 0.29) is 6.85 Å². The SMILES string of the molecule is Cc1c(C)c(C)c2c(c1C)B1c3c(c(C)c(C)c(C)c3N2C)-c2c(C)c(C)c(C)c(C)c2N1C. The van der Waals surface area contributed by atoms with E-state index in [0.717, 1.165) is 0 Å². The molecule has 176 valence electrons. The maximum Gasteiger partial charge on any atom is 0.328 e. The minimum Gasteiger partial charge on any atom is -0.409 e. The van der Waals surface area contributed by atoms with E-state index in [9.17, 15) is 0 Å². The zero-order valence-corrected chi connectivity index (χ0v) is 23.5. The van der Waals surface area contributed by atoms with Crippen molar-refractivity contribution in [2.45, 2.75) is 76.2 Å². The molecule has 0 saturated carbocycles. The summed E-state index contributed by atoms with van der Waals surface area (Å²) in [6.07, 6.45) is 0. The Kier molecular flexibility index (Phi) is 4.87. The van der Waals surface area contributed by atoms with Crippen molar-refractivity contribution in [3.05, 3.63) is 61.2 Å². The molecule has 0 unspecified atom stereocenters. The zero-order chi connectivity index (χ0) is 25.1. The van der Waals surface area contributed by atoms with Gasteiger partial charge in [0.25, 0.3) is 0 Å². The summed E-state index contributed by atoms with van der Waals surface area (Å²) in [4.78, 5) is 5.13. The summed E-state index contributed by atoms with van der Waals surface area (Å²) in [5.74, 6) is 0. The van der Waals surface area contributed by atoms with Gasteiger partial charge < -0.3 is 9.71 Å². The molecule has 2 heterocycles. The topological polar surface area (TPSA) is 6.48 Å². The van der Waals surface area contributed by atoms with Gasteiger partial charge in [0.05, 0.1) is 0 Å². The van der Waals surface area contributed by atoms with E-state index in [1.807, 2.05) is 0 Å². The lowest BCUT2D eigenvalue weighted by atomic mass is 9.41. The lowest BCUT2D eigenvalue weighted by molar-refractivity contribution is 1.10. The van der Waals surface area contributed by atoms with Crippen molar-refractivity contribution < 1.29 is 0 Å². The van der Waals surface area contributed by atoms with Crippen molar-refractivity contribution in [2.24, 2.45) is 0 Å². The van der Waals surface area contributed by atoms with E-state index in [1.165, 1.54) is 100 Å². The molecule has 0 saturated heterocycles. The molecule has 2 aliphatic rings. The maximum absolute atomic E-state index is 2.61. The van der Waals surface area contributed by atoms with Gasteiger partial charge >= 0.3 is 6.85 Å². The molecule has 0 spiro atoms. The Labute approximate surface area is 207 Å². The molecule has 0 bridgehead atoms. The first-order valence-electron chi connectivity index (χ1n) is 12.7. The minimum absolute atomic E-state index is 0.222. The summed E-state index contributed by atoms with van der Waals surface area (Å²) < 4.78 is 0. The third-order valence-electron chi connectivity index (χ3n) is 9.94. The first-order chi connectivity index (χ1) is 15.8. The van der Waals surface area contributed by atoms with Gasteiger partial charge in [-0.3, -0.25) is 0 Å². The predicted octanol–water partition coefficient (Wildman–Crippen LogP) is 6.38. The maximum atomic E-state index is 2.61. The van der Waals surface area contributed by atoms with Crippen molar-refractivity contribution >= 4 is 34.8 Å². The molecule has 34 heavy (non-hydrogen) atoms. The lowest BCUT2D eigenvalue weighted by Gasteiger charge is -2.47. The average molecular weight is 450 g/mol. The third kappa shape index (κ3) is 2.48. The average Bonchev–Trinajstić information content (AvgIpc) is 2.80. The van der Waals surface area contributed by atoms with Crippen LogP contribution in [0.1, 0.15) is 61.2 Å². The van der Waals surface area contributed by atoms with Crippen molar-refractivity contribution in [1.82, 2.24) is 0 Å². The number of rotatable bonds is 0. The highest BCUT2D eigenvalue weighted by Crippen LogP contribution is 2.49. The Balaban J connectivity index is 2.07. The predicted molar refractivity (Wildman–Crippen MR) is 152 cm³/mol. The highest BCUT2D eigenvalue weighted by Gasteiger charge is 2.46. The van der Waals surface area contributed by atoms with Crippen molar-refractivity contribution in [3.63, 3.8) is 0 Å². The van der Waals surface area contributed by atoms with Gasteiger partial charge in [-0.15, -0.1) is 0 Å². The fourth-order valence-corrected chi connectivity index (χ4v) is 7.09. The van der Waals surface area contributed by atoms with Gasteiger partial charge in [-0.05, 0) is 161 Å². The van der Waals surface area contributed by atoms with E-state index in [2.05, 4.69) is 100.0 Å². The Bertz CT molecular complexity index is 1440. The minimum atomic E-state index is 0.222. The van der Waals surface area contributed by atoms with Gasteiger partial charge in [-0.1, -0.05) is 0 Å². The number of anilines is 3. The summed E-state index contributed by atoms with van der Waals surface area (Å²) in [5.41, 5.74) is 25.8. The van der Waals surface area contributed by atoms with Gasteiger partial charge in [-0.2, -0.15) is 0 Å². The second kappa shape index (κ2) is 7.17. The molecule has 2 aliphatic heterocycles. The number of fused-ring (bicyclic) bond motifs is 4. The van der Waals surface area contributed by atoms with E-state index >= 15 is 0 Å². The standard InChI is InChI=1S/C31H39BN2/c1-14-16(3)22(9)29-26(20(14)7)25-19(6)18(5)24(11)31-28(25)32(34(29)13)27-21(8)15(2)17(4)23(10)30(27)33(31)12/h1-13H3. The van der Waals surface area contributed by atoms with Gasteiger partial charge in [0.2, 0.25) is 0 Å². The lowest BCUT2D eigenvalue weighted by Crippen LogP contribution is -2.63. The van der Waals surface area contributed by atoms with Crippen LogP contribution < -0.4 is 20.6 Å². The highest BCUT2D eigenvalue weighted by molar-refractivity contribution is 6.93. The monoisotopic (exact) mass is 450 g/mol. The van der Waals surface area contributed by atoms with Crippen LogP contribution in [-0.4, -0.2) is 20.9 Å². The van der Waals surface area contributed by atoms with Crippen LogP contribution in [0.5, 0.6) is 0 Å². The first kappa shape index (κ1) is 23.1. The van der Waals surface area contributed by atoms with Crippen LogP contribution >= 0.6 is 0 Å². The molecular weight excluding hydrogens is 411 g/mol. The molecule has 0 N–H and O–H groups in total. The zero-order valence-electron chi connectivity index (χ0n) is 23.5. The van der Waals surface area contributed by atoms with E-state index in [4.69, 9.17) is 0 Å². The molecule has 3 aromatic rings. The van der Waals surface area contributed by atoms with Crippen LogP contribution in [0.15, 0.2) is 0 Å². The normalized spacial score (nSPS) is 13.9. The Morgan fingerprint density at radius 3 is 1.32 bits per heavy atom. The summed E-state index contributed by atoms with van der Waals surface area (Å²) in [6.45, 7) is 25.7. The van der Waals surface area contributed by atoms with Crippen LogP contribution in [0, 0.1) is 76.2 Å². The molecule has 0 amide bonds. The summed E-state index contributed by atoms with van der Waals surface area (Å²) in [7, 11) is 4.63. The second-order valence-corrected chi connectivity index (χ2v) is 11.1. The molecular formula is C31H39BN2. The number of hydrogen-bond donors (Lipinski definition) is 0. The number of benzene rings is 3. The molecule has 0 aliphatic carbocycles. The largest absolute Gasteiger partial charge is 0.409 e.